The lowest BCUT2D eigenvalue weighted by atomic mass is 9.92. The van der Waals surface area contributed by atoms with E-state index in [9.17, 15) is 9.59 Å². The van der Waals surface area contributed by atoms with E-state index in [4.69, 9.17) is 5.73 Å². The SMILES string of the molecule is CC(C)C(=O)N1CCC(c2cc(-c3ccc(Nc4cc5ccncc5c(=O)n4-c4ccccn4)cc3)c3c(N)nccn23)CC1. The maximum absolute atomic E-state index is 13.6. The number of nitrogen functional groups attached to an aromatic ring is 1. The van der Waals surface area contributed by atoms with Crippen molar-refractivity contribution < 1.29 is 4.79 Å². The Morgan fingerprint density at radius 3 is 2.51 bits per heavy atom. The first-order chi connectivity index (χ1) is 21.9. The monoisotopic (exact) mass is 598 g/mol. The highest BCUT2D eigenvalue weighted by atomic mass is 16.2. The van der Waals surface area contributed by atoms with Gasteiger partial charge in [-0.1, -0.05) is 32.0 Å². The molecule has 1 fully saturated rings. The molecular formula is C35H34N8O2. The summed E-state index contributed by atoms with van der Waals surface area (Å²) < 4.78 is 3.72. The molecule has 0 radical (unpaired) electrons. The molecule has 1 aromatic carbocycles. The number of amides is 1. The highest BCUT2D eigenvalue weighted by Gasteiger charge is 2.28. The molecule has 0 saturated carbocycles. The Morgan fingerprint density at radius 1 is 0.978 bits per heavy atom. The Bertz CT molecular complexity index is 2080. The van der Waals surface area contributed by atoms with E-state index in [-0.39, 0.29) is 17.4 Å². The predicted molar refractivity (Wildman–Crippen MR) is 177 cm³/mol. The first-order valence-electron chi connectivity index (χ1n) is 15.2. The lowest BCUT2D eigenvalue weighted by Gasteiger charge is -2.33. The van der Waals surface area contributed by atoms with E-state index in [1.807, 2.05) is 73.5 Å². The molecule has 5 aromatic heterocycles. The van der Waals surface area contributed by atoms with Crippen LogP contribution in [0.3, 0.4) is 0 Å². The molecule has 6 heterocycles. The number of likely N-dealkylation sites (tertiary alicyclic amines) is 1. The number of fused-ring (bicyclic) bond motifs is 2. The van der Waals surface area contributed by atoms with Gasteiger partial charge in [-0.3, -0.25) is 14.6 Å². The van der Waals surface area contributed by atoms with Crippen molar-refractivity contribution in [3.8, 4) is 16.9 Å². The molecule has 1 aliphatic heterocycles. The number of aromatic nitrogens is 5. The summed E-state index contributed by atoms with van der Waals surface area (Å²) in [5, 5.41) is 4.74. The fourth-order valence-corrected chi connectivity index (χ4v) is 6.34. The summed E-state index contributed by atoms with van der Waals surface area (Å²) in [5.74, 6) is 2.11. The van der Waals surface area contributed by atoms with Crippen molar-refractivity contribution >= 4 is 39.5 Å². The minimum Gasteiger partial charge on any atom is -0.382 e. The molecule has 1 amide bonds. The van der Waals surface area contributed by atoms with E-state index in [1.165, 1.54) is 5.69 Å². The average Bonchev–Trinajstić information content (AvgIpc) is 3.46. The van der Waals surface area contributed by atoms with Gasteiger partial charge in [0.15, 0.2) is 0 Å². The zero-order valence-electron chi connectivity index (χ0n) is 25.2. The number of rotatable bonds is 6. The van der Waals surface area contributed by atoms with Crippen LogP contribution in [-0.4, -0.2) is 47.8 Å². The number of nitrogens with two attached hydrogens (primary N) is 1. The standard InChI is InChI=1S/C35H34N8O2/c1-22(2)34(44)41-16-11-24(12-17-41)29-20-27(32-33(36)39-15-18-42(29)32)23-6-8-26(9-7-23)40-31-19-25-10-14-37-21-28(25)35(45)43(31)30-5-3-4-13-38-30/h3-10,13-15,18-22,24,40H,11-12,16-17H2,1-2H3,(H2,36,39). The van der Waals surface area contributed by atoms with Crippen molar-refractivity contribution in [1.29, 1.82) is 0 Å². The van der Waals surface area contributed by atoms with E-state index in [2.05, 4.69) is 30.7 Å². The van der Waals surface area contributed by atoms with Gasteiger partial charge in [-0.25, -0.2) is 14.5 Å². The van der Waals surface area contributed by atoms with Crippen LogP contribution in [0.25, 0.3) is 33.2 Å². The van der Waals surface area contributed by atoms with Crippen molar-refractivity contribution in [2.75, 3.05) is 24.1 Å². The largest absolute Gasteiger partial charge is 0.382 e. The molecular weight excluding hydrogens is 564 g/mol. The molecule has 10 nitrogen and oxygen atoms in total. The molecule has 0 unspecified atom stereocenters. The smallest absolute Gasteiger partial charge is 0.267 e. The predicted octanol–water partition coefficient (Wildman–Crippen LogP) is 5.78. The molecule has 3 N–H and O–H groups in total. The molecule has 45 heavy (non-hydrogen) atoms. The van der Waals surface area contributed by atoms with Gasteiger partial charge >= 0.3 is 0 Å². The van der Waals surface area contributed by atoms with Crippen molar-refractivity contribution in [3.63, 3.8) is 0 Å². The summed E-state index contributed by atoms with van der Waals surface area (Å²) in [5.41, 5.74) is 11.1. The minimum atomic E-state index is -0.200. The fourth-order valence-electron chi connectivity index (χ4n) is 6.34. The van der Waals surface area contributed by atoms with Gasteiger partial charge in [0.2, 0.25) is 5.91 Å². The average molecular weight is 599 g/mol. The third kappa shape index (κ3) is 5.18. The number of piperidine rings is 1. The third-order valence-electron chi connectivity index (χ3n) is 8.63. The zero-order chi connectivity index (χ0) is 31.1. The van der Waals surface area contributed by atoms with Crippen molar-refractivity contribution in [1.82, 2.24) is 28.8 Å². The van der Waals surface area contributed by atoms with Crippen LogP contribution in [0.5, 0.6) is 0 Å². The van der Waals surface area contributed by atoms with Gasteiger partial charge in [-0.2, -0.15) is 0 Å². The van der Waals surface area contributed by atoms with Gasteiger partial charge in [-0.05, 0) is 66.3 Å². The van der Waals surface area contributed by atoms with Crippen LogP contribution in [0.15, 0.2) is 96.4 Å². The number of carbonyl (C=O) groups excluding carboxylic acids is 1. The topological polar surface area (TPSA) is 123 Å². The second kappa shape index (κ2) is 11.5. The summed E-state index contributed by atoms with van der Waals surface area (Å²) >= 11 is 0. The highest BCUT2D eigenvalue weighted by Crippen LogP contribution is 2.38. The van der Waals surface area contributed by atoms with Crippen LogP contribution < -0.4 is 16.6 Å². The lowest BCUT2D eigenvalue weighted by molar-refractivity contribution is -0.135. The molecule has 1 aliphatic rings. The summed E-state index contributed by atoms with van der Waals surface area (Å²) in [6.07, 6.45) is 10.4. The van der Waals surface area contributed by atoms with E-state index >= 15 is 0 Å². The Morgan fingerprint density at radius 2 is 1.78 bits per heavy atom. The molecule has 226 valence electrons. The molecule has 1 saturated heterocycles. The van der Waals surface area contributed by atoms with Crippen molar-refractivity contribution in [2.24, 2.45) is 5.92 Å². The summed E-state index contributed by atoms with van der Waals surface area (Å²) in [7, 11) is 0. The van der Waals surface area contributed by atoms with Crippen LogP contribution in [0.2, 0.25) is 0 Å². The van der Waals surface area contributed by atoms with E-state index in [0.717, 1.165) is 53.6 Å². The fraction of sp³-hybridized carbons (Fsp3) is 0.229. The molecule has 0 atom stereocenters. The number of anilines is 3. The second-order valence-electron chi connectivity index (χ2n) is 11.8. The number of nitrogens with zero attached hydrogens (tertiary/aromatic N) is 6. The van der Waals surface area contributed by atoms with E-state index < -0.39 is 0 Å². The van der Waals surface area contributed by atoms with Gasteiger partial charge in [0.25, 0.3) is 5.56 Å². The second-order valence-corrected chi connectivity index (χ2v) is 11.8. The molecule has 10 heteroatoms. The minimum absolute atomic E-state index is 0.00620. The van der Waals surface area contributed by atoms with Gasteiger partial charge < -0.3 is 20.4 Å². The lowest BCUT2D eigenvalue weighted by Crippen LogP contribution is -2.40. The maximum Gasteiger partial charge on any atom is 0.267 e. The summed E-state index contributed by atoms with van der Waals surface area (Å²) in [6, 6.07) is 19.5. The van der Waals surface area contributed by atoms with E-state index in [1.54, 1.807) is 35.4 Å². The number of hydrogen-bond donors (Lipinski definition) is 2. The maximum atomic E-state index is 13.6. The Labute approximate surface area is 260 Å². The molecule has 0 spiro atoms. The normalized spacial score (nSPS) is 14.0. The molecule has 0 aliphatic carbocycles. The van der Waals surface area contributed by atoms with Crippen LogP contribution >= 0.6 is 0 Å². The third-order valence-corrected chi connectivity index (χ3v) is 8.63. The number of carbonyl (C=O) groups is 1. The Kier molecular flexibility index (Phi) is 7.25. The van der Waals surface area contributed by atoms with Gasteiger partial charge in [-0.15, -0.1) is 0 Å². The summed E-state index contributed by atoms with van der Waals surface area (Å²) in [6.45, 7) is 5.41. The van der Waals surface area contributed by atoms with Gasteiger partial charge in [0.1, 0.15) is 17.5 Å². The first kappa shape index (κ1) is 28.3. The number of pyridine rings is 3. The van der Waals surface area contributed by atoms with Crippen LogP contribution in [-0.2, 0) is 4.79 Å². The molecule has 6 aromatic rings. The Balaban J connectivity index is 1.22. The van der Waals surface area contributed by atoms with Crippen molar-refractivity contribution in [3.05, 3.63) is 108 Å². The number of benzene rings is 1. The summed E-state index contributed by atoms with van der Waals surface area (Å²) in [4.78, 5) is 41.1. The first-order valence-corrected chi connectivity index (χ1v) is 15.2. The quantitative estimate of drug-likeness (QED) is 0.249. The highest BCUT2D eigenvalue weighted by molar-refractivity contribution is 5.90. The van der Waals surface area contributed by atoms with Gasteiger partial charge in [0, 0.05) is 72.9 Å². The van der Waals surface area contributed by atoms with Crippen LogP contribution in [0.1, 0.15) is 38.3 Å². The van der Waals surface area contributed by atoms with E-state index in [0.29, 0.717) is 28.8 Å². The van der Waals surface area contributed by atoms with Gasteiger partial charge in [0.05, 0.1) is 10.9 Å². The van der Waals surface area contributed by atoms with Crippen molar-refractivity contribution in [2.45, 2.75) is 32.6 Å². The zero-order valence-corrected chi connectivity index (χ0v) is 25.2. The van der Waals surface area contributed by atoms with Crippen LogP contribution in [0, 0.1) is 5.92 Å². The molecule has 0 bridgehead atoms. The van der Waals surface area contributed by atoms with Crippen LogP contribution in [0.4, 0.5) is 17.3 Å². The molecule has 7 rings (SSSR count). The number of hydrogen-bond acceptors (Lipinski definition) is 7. The number of nitrogens with one attached hydrogen (secondary N) is 1. The Hall–Kier alpha value is -5.51.